The molecule has 0 N–H and O–H groups in total. The molecule has 27 heavy (non-hydrogen) atoms. The zero-order chi connectivity index (χ0) is 19.5. The van der Waals surface area contributed by atoms with Crippen LogP contribution in [0.1, 0.15) is 61.9 Å². The smallest absolute Gasteiger partial charge is 0.343 e. The van der Waals surface area contributed by atoms with Gasteiger partial charge in [-0.3, -0.25) is 0 Å². The van der Waals surface area contributed by atoms with Crippen molar-refractivity contribution >= 4 is 5.97 Å². The van der Waals surface area contributed by atoms with Crippen LogP contribution in [-0.2, 0) is 11.3 Å². The van der Waals surface area contributed by atoms with Gasteiger partial charge in [0.1, 0.15) is 11.5 Å². The van der Waals surface area contributed by atoms with E-state index in [2.05, 4.69) is 13.8 Å². The summed E-state index contributed by atoms with van der Waals surface area (Å²) in [7, 11) is 1.59. The predicted molar refractivity (Wildman–Crippen MR) is 107 cm³/mol. The van der Waals surface area contributed by atoms with Crippen LogP contribution in [0.3, 0.4) is 0 Å². The number of hydrogen-bond donors (Lipinski definition) is 0. The lowest BCUT2D eigenvalue weighted by Crippen LogP contribution is -2.09. The van der Waals surface area contributed by atoms with Crippen molar-refractivity contribution in [2.45, 2.75) is 58.7 Å². The van der Waals surface area contributed by atoms with Crippen LogP contribution >= 0.6 is 0 Å². The molecule has 0 radical (unpaired) electrons. The lowest BCUT2D eigenvalue weighted by atomic mass is 10.1. The van der Waals surface area contributed by atoms with Crippen molar-refractivity contribution < 1.29 is 19.0 Å². The third-order valence-electron chi connectivity index (χ3n) is 4.46. The third-order valence-corrected chi connectivity index (χ3v) is 4.46. The maximum Gasteiger partial charge on any atom is 0.343 e. The van der Waals surface area contributed by atoms with Crippen LogP contribution in [0.15, 0.2) is 48.5 Å². The van der Waals surface area contributed by atoms with E-state index in [1.54, 1.807) is 43.5 Å². The molecule has 0 saturated carbocycles. The molecule has 0 aliphatic carbocycles. The van der Waals surface area contributed by atoms with Gasteiger partial charge in [-0.15, -0.1) is 0 Å². The lowest BCUT2D eigenvalue weighted by Gasteiger charge is -2.13. The Morgan fingerprint density at radius 3 is 2.22 bits per heavy atom. The Bertz CT molecular complexity index is 677. The average Bonchev–Trinajstić information content (AvgIpc) is 2.70. The molecule has 0 heterocycles. The Morgan fingerprint density at radius 1 is 0.926 bits per heavy atom. The van der Waals surface area contributed by atoms with Crippen LogP contribution in [0.5, 0.6) is 11.5 Å². The third kappa shape index (κ3) is 7.43. The molecule has 1 atom stereocenters. The van der Waals surface area contributed by atoms with Crippen molar-refractivity contribution in [2.24, 2.45) is 0 Å². The Kier molecular flexibility index (Phi) is 8.85. The summed E-state index contributed by atoms with van der Waals surface area (Å²) in [5, 5.41) is 0. The second-order valence-corrected chi connectivity index (χ2v) is 6.73. The first-order valence-corrected chi connectivity index (χ1v) is 9.69. The van der Waals surface area contributed by atoms with Crippen molar-refractivity contribution in [1.82, 2.24) is 0 Å². The molecular weight excluding hydrogens is 340 g/mol. The monoisotopic (exact) mass is 370 g/mol. The quantitative estimate of drug-likeness (QED) is 0.285. The molecule has 2 rings (SSSR count). The van der Waals surface area contributed by atoms with E-state index >= 15 is 0 Å². The number of carbonyl (C=O) groups excluding carboxylic acids is 1. The molecule has 0 aliphatic heterocycles. The summed E-state index contributed by atoms with van der Waals surface area (Å²) in [6, 6.07) is 14.3. The number of carbonyl (C=O) groups is 1. The van der Waals surface area contributed by atoms with Crippen LogP contribution in [0.4, 0.5) is 0 Å². The van der Waals surface area contributed by atoms with Crippen LogP contribution in [0.2, 0.25) is 0 Å². The van der Waals surface area contributed by atoms with Gasteiger partial charge < -0.3 is 14.2 Å². The Labute approximate surface area is 162 Å². The highest BCUT2D eigenvalue weighted by Crippen LogP contribution is 2.17. The van der Waals surface area contributed by atoms with E-state index in [0.29, 0.717) is 23.7 Å². The molecular formula is C23H30O4. The van der Waals surface area contributed by atoms with E-state index in [1.807, 2.05) is 12.1 Å². The van der Waals surface area contributed by atoms with E-state index in [4.69, 9.17) is 14.2 Å². The normalized spacial score (nSPS) is 11.8. The minimum Gasteiger partial charge on any atom is -0.497 e. The van der Waals surface area contributed by atoms with Crippen LogP contribution in [0, 0.1) is 0 Å². The predicted octanol–water partition coefficient (Wildman–Crippen LogP) is 5.79. The number of esters is 1. The van der Waals surface area contributed by atoms with Gasteiger partial charge in [0.25, 0.3) is 0 Å². The maximum atomic E-state index is 12.2. The van der Waals surface area contributed by atoms with Crippen molar-refractivity contribution in [3.05, 3.63) is 59.7 Å². The van der Waals surface area contributed by atoms with Crippen LogP contribution in [-0.4, -0.2) is 19.2 Å². The standard InChI is InChI=1S/C23H30O4/c1-4-5-6-7-8-18(2)26-17-19-9-13-22(14-10-19)27-23(24)20-11-15-21(25-3)16-12-20/h9-16,18H,4-8,17H2,1-3H3. The number of ether oxygens (including phenoxy) is 3. The highest BCUT2D eigenvalue weighted by molar-refractivity contribution is 5.91. The first kappa shape index (κ1) is 21.0. The summed E-state index contributed by atoms with van der Waals surface area (Å²) in [5.74, 6) is 0.838. The van der Waals surface area contributed by atoms with Crippen molar-refractivity contribution in [3.8, 4) is 11.5 Å². The number of unbranched alkanes of at least 4 members (excludes halogenated alkanes) is 3. The van der Waals surface area contributed by atoms with Gasteiger partial charge in [-0.1, -0.05) is 44.7 Å². The van der Waals surface area contributed by atoms with Crippen molar-refractivity contribution in [2.75, 3.05) is 7.11 Å². The molecule has 1 unspecified atom stereocenters. The van der Waals surface area contributed by atoms with E-state index < -0.39 is 0 Å². The fraction of sp³-hybridized carbons (Fsp3) is 0.435. The molecule has 0 fully saturated rings. The molecule has 146 valence electrons. The fourth-order valence-electron chi connectivity index (χ4n) is 2.73. The highest BCUT2D eigenvalue weighted by Gasteiger charge is 2.09. The van der Waals surface area contributed by atoms with Gasteiger partial charge in [0, 0.05) is 0 Å². The van der Waals surface area contributed by atoms with E-state index in [9.17, 15) is 4.79 Å². The van der Waals surface area contributed by atoms with E-state index in [-0.39, 0.29) is 12.1 Å². The summed E-state index contributed by atoms with van der Waals surface area (Å²) in [4.78, 5) is 12.2. The average molecular weight is 370 g/mol. The second kappa shape index (κ2) is 11.4. The summed E-state index contributed by atoms with van der Waals surface area (Å²) >= 11 is 0. The van der Waals surface area contributed by atoms with Gasteiger partial charge in [0.15, 0.2) is 0 Å². The van der Waals surface area contributed by atoms with Gasteiger partial charge in [0.05, 0.1) is 25.4 Å². The highest BCUT2D eigenvalue weighted by atomic mass is 16.5. The SMILES string of the molecule is CCCCCCC(C)OCc1ccc(OC(=O)c2ccc(OC)cc2)cc1. The zero-order valence-corrected chi connectivity index (χ0v) is 16.6. The molecule has 0 bridgehead atoms. The summed E-state index contributed by atoms with van der Waals surface area (Å²) in [6.07, 6.45) is 6.40. The topological polar surface area (TPSA) is 44.8 Å². The van der Waals surface area contributed by atoms with Crippen LogP contribution in [0.25, 0.3) is 0 Å². The largest absolute Gasteiger partial charge is 0.497 e. The zero-order valence-electron chi connectivity index (χ0n) is 16.6. The van der Waals surface area contributed by atoms with Gasteiger partial charge in [-0.25, -0.2) is 4.79 Å². The second-order valence-electron chi connectivity index (χ2n) is 6.73. The lowest BCUT2D eigenvalue weighted by molar-refractivity contribution is 0.0459. The number of benzene rings is 2. The summed E-state index contributed by atoms with van der Waals surface area (Å²) < 4.78 is 16.4. The molecule has 0 aliphatic rings. The Hall–Kier alpha value is -2.33. The van der Waals surface area contributed by atoms with Gasteiger partial charge in [-0.2, -0.15) is 0 Å². The molecule has 2 aromatic rings. The van der Waals surface area contributed by atoms with E-state index in [0.717, 1.165) is 12.0 Å². The molecule has 0 spiro atoms. The molecule has 0 saturated heterocycles. The molecule has 2 aromatic carbocycles. The first-order chi connectivity index (χ1) is 13.1. The Balaban J connectivity index is 1.77. The number of methoxy groups -OCH3 is 1. The van der Waals surface area contributed by atoms with Crippen molar-refractivity contribution in [1.29, 1.82) is 0 Å². The number of hydrogen-bond acceptors (Lipinski definition) is 4. The van der Waals surface area contributed by atoms with Crippen molar-refractivity contribution in [3.63, 3.8) is 0 Å². The van der Waals surface area contributed by atoms with E-state index in [1.165, 1.54) is 25.7 Å². The van der Waals surface area contributed by atoms with Gasteiger partial charge in [-0.05, 0) is 55.3 Å². The minimum absolute atomic E-state index is 0.259. The first-order valence-electron chi connectivity index (χ1n) is 9.69. The van der Waals surface area contributed by atoms with Gasteiger partial charge >= 0.3 is 5.97 Å². The van der Waals surface area contributed by atoms with Crippen LogP contribution < -0.4 is 9.47 Å². The summed E-state index contributed by atoms with van der Waals surface area (Å²) in [5.41, 5.74) is 1.56. The fourth-order valence-corrected chi connectivity index (χ4v) is 2.73. The minimum atomic E-state index is -0.387. The Morgan fingerprint density at radius 2 is 1.59 bits per heavy atom. The summed E-state index contributed by atoms with van der Waals surface area (Å²) in [6.45, 7) is 4.91. The molecule has 4 heteroatoms. The maximum absolute atomic E-state index is 12.2. The molecule has 4 nitrogen and oxygen atoms in total. The molecule has 0 amide bonds. The molecule has 0 aromatic heterocycles. The number of rotatable bonds is 11. The van der Waals surface area contributed by atoms with Gasteiger partial charge in [0.2, 0.25) is 0 Å².